The van der Waals surface area contributed by atoms with Crippen molar-refractivity contribution >= 4 is 16.6 Å². The second kappa shape index (κ2) is 4.92. The monoisotopic (exact) mass is 302 g/mol. The lowest BCUT2D eigenvalue weighted by atomic mass is 9.99. The van der Waals surface area contributed by atoms with Gasteiger partial charge in [0, 0.05) is 29.4 Å². The highest BCUT2D eigenvalue weighted by molar-refractivity contribution is 5.94. The van der Waals surface area contributed by atoms with Crippen molar-refractivity contribution in [2.75, 3.05) is 0 Å². The van der Waals surface area contributed by atoms with Gasteiger partial charge in [0.25, 0.3) is 0 Å². The average molecular weight is 302 g/mol. The Hall–Kier alpha value is -2.68. The van der Waals surface area contributed by atoms with Gasteiger partial charge in [-0.05, 0) is 44.0 Å². The number of aromatic nitrogens is 3. The first kappa shape index (κ1) is 13.9. The number of nitrogens with zero attached hydrogens (tertiary/aromatic N) is 3. The largest absolute Gasteiger partial charge is 0.308 e. The van der Waals surface area contributed by atoms with E-state index in [9.17, 15) is 0 Å². The summed E-state index contributed by atoms with van der Waals surface area (Å²) in [6, 6.07) is 10.7. The van der Waals surface area contributed by atoms with Crippen LogP contribution in [0.4, 0.5) is 0 Å². The number of pyridine rings is 1. The molecule has 0 spiro atoms. The highest BCUT2D eigenvalue weighted by atomic mass is 15.0. The minimum atomic E-state index is 0.982. The lowest BCUT2D eigenvalue weighted by Crippen LogP contribution is -2.31. The topological polar surface area (TPSA) is 21.2 Å². The van der Waals surface area contributed by atoms with E-state index in [1.54, 1.807) is 0 Å². The molecular formula is C20H20N3+. The van der Waals surface area contributed by atoms with E-state index < -0.39 is 0 Å². The Morgan fingerprint density at radius 1 is 1.00 bits per heavy atom. The normalized spacial score (nSPS) is 11.5. The van der Waals surface area contributed by atoms with Gasteiger partial charge < -0.3 is 4.40 Å². The highest BCUT2D eigenvalue weighted by Gasteiger charge is 2.18. The third-order valence-corrected chi connectivity index (χ3v) is 4.68. The van der Waals surface area contributed by atoms with Crippen LogP contribution in [0.3, 0.4) is 0 Å². The van der Waals surface area contributed by atoms with Gasteiger partial charge in [-0.15, -0.1) is 0 Å². The summed E-state index contributed by atoms with van der Waals surface area (Å²) in [7, 11) is 2.11. The smallest absolute Gasteiger partial charge is 0.215 e. The standard InChI is InChI=1S/C20H20N3/c1-13-7-8-16-12-23-9-5-6-18(23)21-20(16)19(13)17-10-14(2)15(3)11-22(17)4/h5-12H,1-4H3/q+1. The van der Waals surface area contributed by atoms with Gasteiger partial charge in [-0.2, -0.15) is 0 Å². The first-order valence-corrected chi connectivity index (χ1v) is 7.89. The van der Waals surface area contributed by atoms with E-state index in [-0.39, 0.29) is 0 Å². The van der Waals surface area contributed by atoms with E-state index in [2.05, 4.69) is 67.4 Å². The van der Waals surface area contributed by atoms with Crippen molar-refractivity contribution < 1.29 is 4.57 Å². The molecule has 1 aromatic carbocycles. The van der Waals surface area contributed by atoms with Crippen LogP contribution in [-0.2, 0) is 7.05 Å². The Kier molecular flexibility index (Phi) is 2.98. The maximum absolute atomic E-state index is 4.92. The van der Waals surface area contributed by atoms with Crippen molar-refractivity contribution in [1.29, 1.82) is 0 Å². The van der Waals surface area contributed by atoms with Crippen LogP contribution >= 0.6 is 0 Å². The van der Waals surface area contributed by atoms with E-state index in [4.69, 9.17) is 4.98 Å². The summed E-state index contributed by atoms with van der Waals surface area (Å²) in [6.45, 7) is 6.48. The molecule has 0 radical (unpaired) electrons. The van der Waals surface area contributed by atoms with E-state index in [1.165, 1.54) is 27.9 Å². The molecule has 0 aliphatic rings. The second-order valence-electron chi connectivity index (χ2n) is 6.35. The van der Waals surface area contributed by atoms with E-state index in [0.29, 0.717) is 0 Å². The fourth-order valence-corrected chi connectivity index (χ4v) is 3.24. The Morgan fingerprint density at radius 3 is 2.65 bits per heavy atom. The molecule has 0 N–H and O–H groups in total. The molecule has 114 valence electrons. The summed E-state index contributed by atoms with van der Waals surface area (Å²) in [4.78, 5) is 4.92. The van der Waals surface area contributed by atoms with E-state index in [1.807, 2.05) is 18.3 Å². The minimum absolute atomic E-state index is 0.982. The molecule has 0 atom stereocenters. The van der Waals surface area contributed by atoms with Gasteiger partial charge in [0.05, 0.1) is 11.1 Å². The molecule has 0 saturated carbocycles. The molecule has 0 aliphatic carbocycles. The van der Waals surface area contributed by atoms with Crippen LogP contribution in [0.15, 0.2) is 48.9 Å². The zero-order valence-electron chi connectivity index (χ0n) is 14.0. The Labute approximate surface area is 135 Å². The van der Waals surface area contributed by atoms with Crippen LogP contribution in [0.1, 0.15) is 16.7 Å². The van der Waals surface area contributed by atoms with Crippen LogP contribution in [0.5, 0.6) is 0 Å². The third kappa shape index (κ3) is 2.12. The predicted molar refractivity (Wildman–Crippen MR) is 93.5 cm³/mol. The van der Waals surface area contributed by atoms with Gasteiger partial charge >= 0.3 is 0 Å². The summed E-state index contributed by atoms with van der Waals surface area (Å²) in [5.41, 5.74) is 8.33. The zero-order chi connectivity index (χ0) is 16.1. The summed E-state index contributed by atoms with van der Waals surface area (Å²) in [5, 5.41) is 1.16. The molecule has 23 heavy (non-hydrogen) atoms. The molecule has 0 amide bonds. The van der Waals surface area contributed by atoms with Crippen LogP contribution in [0.2, 0.25) is 0 Å². The molecule has 3 heteroatoms. The van der Waals surface area contributed by atoms with Crippen molar-refractivity contribution in [2.24, 2.45) is 7.05 Å². The Bertz CT molecular complexity index is 1060. The van der Waals surface area contributed by atoms with Crippen molar-refractivity contribution in [1.82, 2.24) is 9.38 Å². The van der Waals surface area contributed by atoms with Gasteiger partial charge in [-0.1, -0.05) is 12.1 Å². The van der Waals surface area contributed by atoms with Crippen LogP contribution in [-0.4, -0.2) is 9.38 Å². The number of benzene rings is 1. The molecule has 0 bridgehead atoms. The van der Waals surface area contributed by atoms with Gasteiger partial charge in [0.2, 0.25) is 5.69 Å². The van der Waals surface area contributed by atoms with Crippen LogP contribution < -0.4 is 4.57 Å². The quantitative estimate of drug-likeness (QED) is 0.489. The molecule has 0 unspecified atom stereocenters. The van der Waals surface area contributed by atoms with Crippen molar-refractivity contribution in [3.05, 3.63) is 65.6 Å². The SMILES string of the molecule is Cc1cc(-c2c(C)ccc3cn4cccc4nc23)[n+](C)cc1C. The van der Waals surface area contributed by atoms with Gasteiger partial charge in [-0.3, -0.25) is 0 Å². The maximum Gasteiger partial charge on any atom is 0.215 e. The highest BCUT2D eigenvalue weighted by Crippen LogP contribution is 2.30. The fourth-order valence-electron chi connectivity index (χ4n) is 3.24. The van der Waals surface area contributed by atoms with Gasteiger partial charge in [0.1, 0.15) is 12.7 Å². The molecule has 3 aromatic heterocycles. The zero-order valence-corrected chi connectivity index (χ0v) is 14.0. The Morgan fingerprint density at radius 2 is 1.83 bits per heavy atom. The number of hydrogen-bond donors (Lipinski definition) is 0. The summed E-state index contributed by atoms with van der Waals surface area (Å²) in [5.74, 6) is 0. The maximum atomic E-state index is 4.92. The number of rotatable bonds is 1. The second-order valence-corrected chi connectivity index (χ2v) is 6.35. The fraction of sp³-hybridized carbons (Fsp3) is 0.200. The van der Waals surface area contributed by atoms with E-state index >= 15 is 0 Å². The van der Waals surface area contributed by atoms with Gasteiger partial charge in [-0.25, -0.2) is 9.55 Å². The lowest BCUT2D eigenvalue weighted by molar-refractivity contribution is -0.660. The molecular weight excluding hydrogens is 282 g/mol. The number of fused-ring (bicyclic) bond motifs is 2. The Balaban J connectivity index is 2.13. The number of aryl methyl sites for hydroxylation is 4. The molecule has 0 aliphatic heterocycles. The average Bonchev–Trinajstić information content (AvgIpc) is 2.97. The van der Waals surface area contributed by atoms with Crippen LogP contribution in [0, 0.1) is 20.8 Å². The van der Waals surface area contributed by atoms with Gasteiger partial charge in [0.15, 0.2) is 6.20 Å². The third-order valence-electron chi connectivity index (χ3n) is 4.68. The summed E-state index contributed by atoms with van der Waals surface area (Å²) >= 11 is 0. The molecule has 4 aromatic rings. The van der Waals surface area contributed by atoms with Crippen molar-refractivity contribution in [3.63, 3.8) is 0 Å². The molecule has 3 nitrogen and oxygen atoms in total. The lowest BCUT2D eigenvalue weighted by Gasteiger charge is -2.10. The van der Waals surface area contributed by atoms with Crippen molar-refractivity contribution in [3.8, 4) is 11.3 Å². The van der Waals surface area contributed by atoms with Crippen LogP contribution in [0.25, 0.3) is 27.8 Å². The summed E-state index contributed by atoms with van der Waals surface area (Å²) < 4.78 is 4.27. The molecule has 4 rings (SSSR count). The summed E-state index contributed by atoms with van der Waals surface area (Å²) in [6.07, 6.45) is 6.39. The first-order valence-electron chi connectivity index (χ1n) is 7.89. The minimum Gasteiger partial charge on any atom is -0.308 e. The molecule has 0 fully saturated rings. The predicted octanol–water partition coefficient (Wildman–Crippen LogP) is 3.90. The van der Waals surface area contributed by atoms with Crippen molar-refractivity contribution in [2.45, 2.75) is 20.8 Å². The molecule has 0 saturated heterocycles. The number of hydrogen-bond acceptors (Lipinski definition) is 1. The van der Waals surface area contributed by atoms with E-state index in [0.717, 1.165) is 16.6 Å². The molecule has 3 heterocycles. The first-order chi connectivity index (χ1) is 11.0.